The summed E-state index contributed by atoms with van der Waals surface area (Å²) < 4.78 is 24.8. The second-order valence-electron chi connectivity index (χ2n) is 5.19. The molecule has 0 saturated heterocycles. The van der Waals surface area contributed by atoms with Crippen LogP contribution in [0, 0.1) is 5.92 Å². The molecule has 1 fully saturated rings. The maximum absolute atomic E-state index is 11.4. The van der Waals surface area contributed by atoms with Crippen molar-refractivity contribution in [3.8, 4) is 11.1 Å². The quantitative estimate of drug-likeness (QED) is 0.861. The molecular weight excluding hydrogens is 260 g/mol. The smallest absolute Gasteiger partial charge is 0.175 e. The fraction of sp³-hybridized carbons (Fsp3) is 0.357. The summed E-state index contributed by atoms with van der Waals surface area (Å²) in [5.41, 5.74) is 2.02. The maximum Gasteiger partial charge on any atom is 0.175 e. The highest BCUT2D eigenvalue weighted by Crippen LogP contribution is 2.31. The van der Waals surface area contributed by atoms with E-state index >= 15 is 0 Å². The van der Waals surface area contributed by atoms with Crippen LogP contribution in [0.5, 0.6) is 0 Å². The van der Waals surface area contributed by atoms with Gasteiger partial charge in [0.1, 0.15) is 0 Å². The molecule has 1 aliphatic rings. The van der Waals surface area contributed by atoms with Crippen molar-refractivity contribution in [1.82, 2.24) is 9.78 Å². The van der Waals surface area contributed by atoms with Gasteiger partial charge < -0.3 is 0 Å². The van der Waals surface area contributed by atoms with Crippen LogP contribution in [0.1, 0.15) is 12.8 Å². The molecule has 0 N–H and O–H groups in total. The fourth-order valence-corrected chi connectivity index (χ4v) is 2.70. The Morgan fingerprint density at radius 3 is 2.47 bits per heavy atom. The van der Waals surface area contributed by atoms with Crippen LogP contribution in [0.15, 0.2) is 41.6 Å². The van der Waals surface area contributed by atoms with Crippen molar-refractivity contribution < 1.29 is 8.42 Å². The van der Waals surface area contributed by atoms with Crippen LogP contribution in [-0.4, -0.2) is 24.5 Å². The van der Waals surface area contributed by atoms with E-state index in [9.17, 15) is 8.42 Å². The third-order valence-corrected chi connectivity index (χ3v) is 4.52. The van der Waals surface area contributed by atoms with Crippen molar-refractivity contribution in [2.24, 2.45) is 5.92 Å². The molecule has 5 heteroatoms. The lowest BCUT2D eigenvalue weighted by atomic mass is 10.1. The average molecular weight is 276 g/mol. The van der Waals surface area contributed by atoms with Gasteiger partial charge in [-0.1, -0.05) is 12.1 Å². The average Bonchev–Trinajstić information content (AvgIpc) is 3.04. The van der Waals surface area contributed by atoms with Gasteiger partial charge in [0.25, 0.3) is 0 Å². The molecule has 0 spiro atoms. The van der Waals surface area contributed by atoms with Crippen LogP contribution in [0.25, 0.3) is 11.1 Å². The third-order valence-electron chi connectivity index (χ3n) is 3.39. The Bertz CT molecular complexity index is 682. The first-order valence-electron chi connectivity index (χ1n) is 6.35. The predicted octanol–water partition coefficient (Wildman–Crippen LogP) is 2.36. The number of nitrogens with zero attached hydrogens (tertiary/aromatic N) is 2. The van der Waals surface area contributed by atoms with E-state index in [0.29, 0.717) is 4.90 Å². The van der Waals surface area contributed by atoms with E-state index in [4.69, 9.17) is 0 Å². The zero-order valence-electron chi connectivity index (χ0n) is 10.8. The molecule has 0 atom stereocenters. The standard InChI is InChI=1S/C14H16N2O2S/c1-19(17,18)14-6-4-12(5-7-14)13-8-15-16(10-13)9-11-2-3-11/h4-8,10-11H,2-3,9H2,1H3. The van der Waals surface area contributed by atoms with Gasteiger partial charge in [-0.15, -0.1) is 0 Å². The summed E-state index contributed by atoms with van der Waals surface area (Å²) in [7, 11) is -3.13. The Kier molecular flexibility index (Phi) is 2.93. The highest BCUT2D eigenvalue weighted by atomic mass is 32.2. The van der Waals surface area contributed by atoms with Crippen molar-refractivity contribution in [1.29, 1.82) is 0 Å². The van der Waals surface area contributed by atoms with Gasteiger partial charge in [-0.25, -0.2) is 8.42 Å². The summed E-state index contributed by atoms with van der Waals surface area (Å²) in [6.07, 6.45) is 7.68. The molecule has 2 aromatic rings. The van der Waals surface area contributed by atoms with E-state index in [0.717, 1.165) is 23.6 Å². The number of sulfone groups is 1. The lowest BCUT2D eigenvalue weighted by Crippen LogP contribution is -1.99. The minimum atomic E-state index is -3.13. The highest BCUT2D eigenvalue weighted by molar-refractivity contribution is 7.90. The lowest BCUT2D eigenvalue weighted by Gasteiger charge is -2.01. The molecule has 0 unspecified atom stereocenters. The van der Waals surface area contributed by atoms with Gasteiger partial charge in [-0.2, -0.15) is 5.10 Å². The lowest BCUT2D eigenvalue weighted by molar-refractivity contribution is 0.563. The van der Waals surface area contributed by atoms with Gasteiger partial charge in [-0.05, 0) is 36.5 Å². The van der Waals surface area contributed by atoms with Crippen LogP contribution in [-0.2, 0) is 16.4 Å². The SMILES string of the molecule is CS(=O)(=O)c1ccc(-c2cnn(CC3CC3)c2)cc1. The number of hydrogen-bond acceptors (Lipinski definition) is 3. The van der Waals surface area contributed by atoms with Crippen LogP contribution in [0.3, 0.4) is 0 Å². The van der Waals surface area contributed by atoms with E-state index in [1.54, 1.807) is 12.1 Å². The van der Waals surface area contributed by atoms with Gasteiger partial charge in [-0.3, -0.25) is 4.68 Å². The van der Waals surface area contributed by atoms with E-state index in [1.165, 1.54) is 19.1 Å². The molecule has 1 aromatic carbocycles. The molecule has 0 aliphatic heterocycles. The van der Waals surface area contributed by atoms with Gasteiger partial charge in [0.2, 0.25) is 0 Å². The number of hydrogen-bond donors (Lipinski definition) is 0. The van der Waals surface area contributed by atoms with Gasteiger partial charge in [0, 0.05) is 24.6 Å². The van der Waals surface area contributed by atoms with Crippen LogP contribution >= 0.6 is 0 Å². The number of aromatic nitrogens is 2. The second kappa shape index (κ2) is 4.49. The molecule has 1 aliphatic carbocycles. The van der Waals surface area contributed by atoms with Gasteiger partial charge in [0.05, 0.1) is 11.1 Å². The summed E-state index contributed by atoms with van der Waals surface area (Å²) >= 11 is 0. The van der Waals surface area contributed by atoms with Crippen molar-refractivity contribution in [2.75, 3.05) is 6.26 Å². The maximum atomic E-state index is 11.4. The third kappa shape index (κ3) is 2.87. The fourth-order valence-electron chi connectivity index (χ4n) is 2.07. The molecule has 4 nitrogen and oxygen atoms in total. The molecule has 0 bridgehead atoms. The Morgan fingerprint density at radius 2 is 1.89 bits per heavy atom. The molecule has 3 rings (SSSR count). The first kappa shape index (κ1) is 12.4. The zero-order valence-corrected chi connectivity index (χ0v) is 11.6. The summed E-state index contributed by atoms with van der Waals surface area (Å²) in [4.78, 5) is 0.349. The van der Waals surface area contributed by atoms with Crippen LogP contribution < -0.4 is 0 Å². The molecule has 1 saturated carbocycles. The Labute approximate surface area is 113 Å². The highest BCUT2D eigenvalue weighted by Gasteiger charge is 2.22. The largest absolute Gasteiger partial charge is 0.272 e. The van der Waals surface area contributed by atoms with Crippen molar-refractivity contribution >= 4 is 9.84 Å². The second-order valence-corrected chi connectivity index (χ2v) is 7.21. The minimum absolute atomic E-state index is 0.349. The predicted molar refractivity (Wildman–Crippen MR) is 73.5 cm³/mol. The van der Waals surface area contributed by atoms with Gasteiger partial charge >= 0.3 is 0 Å². The molecule has 1 heterocycles. The van der Waals surface area contributed by atoms with E-state index in [2.05, 4.69) is 5.10 Å². The molecule has 100 valence electrons. The van der Waals surface area contributed by atoms with E-state index in [-0.39, 0.29) is 0 Å². The van der Waals surface area contributed by atoms with Crippen LogP contribution in [0.4, 0.5) is 0 Å². The van der Waals surface area contributed by atoms with Crippen molar-refractivity contribution in [3.05, 3.63) is 36.7 Å². The van der Waals surface area contributed by atoms with Crippen molar-refractivity contribution in [2.45, 2.75) is 24.3 Å². The summed E-state index contributed by atoms with van der Waals surface area (Å²) in [5.74, 6) is 0.792. The van der Waals surface area contributed by atoms with E-state index < -0.39 is 9.84 Å². The molecule has 1 aromatic heterocycles. The Hall–Kier alpha value is -1.62. The van der Waals surface area contributed by atoms with E-state index in [1.807, 2.05) is 29.2 Å². The van der Waals surface area contributed by atoms with Gasteiger partial charge in [0.15, 0.2) is 9.84 Å². The minimum Gasteiger partial charge on any atom is -0.272 e. The molecule has 0 amide bonds. The summed E-state index contributed by atoms with van der Waals surface area (Å²) in [6, 6.07) is 6.94. The first-order valence-corrected chi connectivity index (χ1v) is 8.24. The first-order chi connectivity index (χ1) is 9.02. The molecule has 19 heavy (non-hydrogen) atoms. The molecule has 0 radical (unpaired) electrons. The Morgan fingerprint density at radius 1 is 1.21 bits per heavy atom. The topological polar surface area (TPSA) is 52.0 Å². The Balaban J connectivity index is 1.83. The normalized spacial score (nSPS) is 15.6. The van der Waals surface area contributed by atoms with Crippen molar-refractivity contribution in [3.63, 3.8) is 0 Å². The summed E-state index contributed by atoms with van der Waals surface area (Å²) in [6.45, 7) is 0.988. The monoisotopic (exact) mass is 276 g/mol. The zero-order chi connectivity index (χ0) is 13.5. The van der Waals surface area contributed by atoms with Crippen LogP contribution in [0.2, 0.25) is 0 Å². The molecular formula is C14H16N2O2S. The number of benzene rings is 1. The summed E-state index contributed by atoms with van der Waals surface area (Å²) in [5, 5.41) is 4.34. The number of rotatable bonds is 4.